The zero-order valence-corrected chi connectivity index (χ0v) is 15.1. The molecule has 0 saturated carbocycles. The highest BCUT2D eigenvalue weighted by atomic mass is 32.2. The van der Waals surface area contributed by atoms with Crippen LogP contribution in [0.25, 0.3) is 5.57 Å². The molecule has 25 heavy (non-hydrogen) atoms. The van der Waals surface area contributed by atoms with E-state index in [0.29, 0.717) is 23.2 Å². The van der Waals surface area contributed by atoms with E-state index in [1.54, 1.807) is 27.0 Å². The summed E-state index contributed by atoms with van der Waals surface area (Å²) in [7, 11) is -1.94. The lowest BCUT2D eigenvalue weighted by molar-refractivity contribution is 0.440. The Hall–Kier alpha value is -2.06. The quantitative estimate of drug-likeness (QED) is 0.838. The predicted octanol–water partition coefficient (Wildman–Crippen LogP) is 2.79. The molecule has 0 fully saturated rings. The van der Waals surface area contributed by atoms with E-state index in [9.17, 15) is 17.2 Å². The van der Waals surface area contributed by atoms with Gasteiger partial charge in [-0.15, -0.1) is 0 Å². The van der Waals surface area contributed by atoms with Gasteiger partial charge in [0.1, 0.15) is 4.90 Å². The Bertz CT molecular complexity index is 965. The molecule has 2 aromatic rings. The Balaban J connectivity index is 1.88. The number of sulfonamides is 1. The Kier molecular flexibility index (Phi) is 4.51. The number of aryl methyl sites for hydroxylation is 2. The molecule has 134 valence electrons. The molecule has 0 radical (unpaired) electrons. The molecule has 1 aromatic carbocycles. The summed E-state index contributed by atoms with van der Waals surface area (Å²) in [5, 5.41) is 3.99. The number of benzene rings is 1. The van der Waals surface area contributed by atoms with Crippen molar-refractivity contribution in [3.8, 4) is 0 Å². The van der Waals surface area contributed by atoms with Crippen LogP contribution in [-0.4, -0.2) is 35.6 Å². The summed E-state index contributed by atoms with van der Waals surface area (Å²) in [6.45, 7) is 3.88. The monoisotopic (exact) mass is 367 g/mol. The first kappa shape index (κ1) is 17.8. The fourth-order valence-electron chi connectivity index (χ4n) is 2.98. The number of aromatic nitrogens is 2. The SMILES string of the molecule is Cc1cc(F)c(F)cc1C1=CCN(S(=O)(=O)c2cnn(C)c2C)CC1. The number of hydrogen-bond acceptors (Lipinski definition) is 3. The average molecular weight is 367 g/mol. The molecular formula is C17H19F2N3O2S. The van der Waals surface area contributed by atoms with Gasteiger partial charge in [-0.1, -0.05) is 6.08 Å². The molecule has 5 nitrogen and oxygen atoms in total. The molecule has 1 aromatic heterocycles. The Labute approximate surface area is 145 Å². The van der Waals surface area contributed by atoms with Gasteiger partial charge in [-0.05, 0) is 49.1 Å². The minimum Gasteiger partial charge on any atom is -0.272 e. The minimum atomic E-state index is -3.63. The fourth-order valence-corrected chi connectivity index (χ4v) is 4.54. The van der Waals surface area contributed by atoms with E-state index in [1.165, 1.54) is 21.3 Å². The van der Waals surface area contributed by atoms with Crippen LogP contribution < -0.4 is 0 Å². The van der Waals surface area contributed by atoms with Crippen LogP contribution in [0.4, 0.5) is 8.78 Å². The van der Waals surface area contributed by atoms with Crippen molar-refractivity contribution >= 4 is 15.6 Å². The summed E-state index contributed by atoms with van der Waals surface area (Å²) in [5.74, 6) is -1.78. The van der Waals surface area contributed by atoms with E-state index < -0.39 is 21.7 Å². The summed E-state index contributed by atoms with van der Waals surface area (Å²) >= 11 is 0. The molecule has 0 unspecified atom stereocenters. The molecule has 1 aliphatic rings. The van der Waals surface area contributed by atoms with Gasteiger partial charge in [0.25, 0.3) is 0 Å². The minimum absolute atomic E-state index is 0.185. The summed E-state index contributed by atoms with van der Waals surface area (Å²) in [4.78, 5) is 0.191. The van der Waals surface area contributed by atoms with Gasteiger partial charge in [-0.2, -0.15) is 9.40 Å². The van der Waals surface area contributed by atoms with Crippen molar-refractivity contribution in [2.24, 2.45) is 7.05 Å². The second kappa shape index (κ2) is 6.34. The van der Waals surface area contributed by atoms with Crippen LogP contribution in [-0.2, 0) is 17.1 Å². The van der Waals surface area contributed by atoms with Crippen LogP contribution in [0.3, 0.4) is 0 Å². The second-order valence-corrected chi connectivity index (χ2v) is 8.05. The molecule has 0 spiro atoms. The van der Waals surface area contributed by atoms with Crippen LogP contribution in [0.5, 0.6) is 0 Å². The number of rotatable bonds is 3. The number of nitrogens with zero attached hydrogens (tertiary/aromatic N) is 3. The summed E-state index contributed by atoms with van der Waals surface area (Å²) in [6.07, 6.45) is 3.54. The lowest BCUT2D eigenvalue weighted by Crippen LogP contribution is -2.35. The predicted molar refractivity (Wildman–Crippen MR) is 90.4 cm³/mol. The molecule has 8 heteroatoms. The summed E-state index contributed by atoms with van der Waals surface area (Å²) in [5.41, 5.74) is 2.65. The van der Waals surface area contributed by atoms with E-state index in [4.69, 9.17) is 0 Å². The zero-order chi connectivity index (χ0) is 18.4. The van der Waals surface area contributed by atoms with Crippen LogP contribution in [0.2, 0.25) is 0 Å². The highest BCUT2D eigenvalue weighted by Crippen LogP contribution is 2.29. The van der Waals surface area contributed by atoms with Gasteiger partial charge in [0, 0.05) is 20.1 Å². The summed E-state index contributed by atoms with van der Waals surface area (Å²) in [6, 6.07) is 2.33. The molecule has 0 aliphatic carbocycles. The molecular weight excluding hydrogens is 348 g/mol. The van der Waals surface area contributed by atoms with Crippen molar-refractivity contribution in [3.63, 3.8) is 0 Å². The number of hydrogen-bond donors (Lipinski definition) is 0. The normalized spacial score (nSPS) is 16.1. The largest absolute Gasteiger partial charge is 0.272 e. The highest BCUT2D eigenvalue weighted by Gasteiger charge is 2.29. The first-order valence-corrected chi connectivity index (χ1v) is 9.29. The molecule has 0 bridgehead atoms. The molecule has 0 saturated heterocycles. The van der Waals surface area contributed by atoms with Gasteiger partial charge in [0.15, 0.2) is 11.6 Å². The first-order valence-electron chi connectivity index (χ1n) is 7.85. The van der Waals surface area contributed by atoms with Crippen LogP contribution in [0.15, 0.2) is 29.3 Å². The van der Waals surface area contributed by atoms with E-state index in [0.717, 1.165) is 11.6 Å². The third kappa shape index (κ3) is 3.11. The molecule has 0 N–H and O–H groups in total. The van der Waals surface area contributed by atoms with Crippen molar-refractivity contribution in [1.82, 2.24) is 14.1 Å². The second-order valence-electron chi connectivity index (χ2n) is 6.14. The standard InChI is InChI=1S/C17H19F2N3O2S/c1-11-8-15(18)16(19)9-14(11)13-4-6-22(7-5-13)25(23,24)17-10-20-21(3)12(17)2/h4,8-10H,5-7H2,1-3H3. The maximum absolute atomic E-state index is 13.5. The molecule has 0 atom stereocenters. The molecule has 3 rings (SSSR count). The third-order valence-electron chi connectivity index (χ3n) is 4.59. The summed E-state index contributed by atoms with van der Waals surface area (Å²) < 4.78 is 55.2. The molecule has 0 amide bonds. The van der Waals surface area contributed by atoms with Crippen molar-refractivity contribution < 1.29 is 17.2 Å². The van der Waals surface area contributed by atoms with Crippen LogP contribution in [0, 0.1) is 25.5 Å². The van der Waals surface area contributed by atoms with E-state index in [-0.39, 0.29) is 18.0 Å². The van der Waals surface area contributed by atoms with Crippen molar-refractivity contribution in [1.29, 1.82) is 0 Å². The first-order chi connectivity index (χ1) is 11.7. The van der Waals surface area contributed by atoms with Gasteiger partial charge in [0.2, 0.25) is 10.0 Å². The van der Waals surface area contributed by atoms with Gasteiger partial charge in [-0.3, -0.25) is 4.68 Å². The molecule has 2 heterocycles. The topological polar surface area (TPSA) is 55.2 Å². The maximum atomic E-state index is 13.5. The maximum Gasteiger partial charge on any atom is 0.246 e. The Morgan fingerprint density at radius 2 is 1.84 bits per heavy atom. The van der Waals surface area contributed by atoms with Crippen molar-refractivity contribution in [2.75, 3.05) is 13.1 Å². The van der Waals surface area contributed by atoms with E-state index in [1.807, 2.05) is 0 Å². The smallest absolute Gasteiger partial charge is 0.246 e. The zero-order valence-electron chi connectivity index (χ0n) is 14.3. The number of halogens is 2. The van der Waals surface area contributed by atoms with Gasteiger partial charge in [-0.25, -0.2) is 17.2 Å². The van der Waals surface area contributed by atoms with Crippen LogP contribution in [0.1, 0.15) is 23.2 Å². The Morgan fingerprint density at radius 3 is 2.40 bits per heavy atom. The van der Waals surface area contributed by atoms with Crippen LogP contribution >= 0.6 is 0 Å². The average Bonchev–Trinajstić information content (AvgIpc) is 2.91. The van der Waals surface area contributed by atoms with Gasteiger partial charge >= 0.3 is 0 Å². The van der Waals surface area contributed by atoms with E-state index >= 15 is 0 Å². The fraction of sp³-hybridized carbons (Fsp3) is 0.353. The lowest BCUT2D eigenvalue weighted by Gasteiger charge is -2.26. The van der Waals surface area contributed by atoms with Gasteiger partial charge < -0.3 is 0 Å². The van der Waals surface area contributed by atoms with Gasteiger partial charge in [0.05, 0.1) is 11.9 Å². The lowest BCUT2D eigenvalue weighted by atomic mass is 9.96. The van der Waals surface area contributed by atoms with Crippen molar-refractivity contribution in [3.05, 3.63) is 52.9 Å². The Morgan fingerprint density at radius 1 is 1.16 bits per heavy atom. The third-order valence-corrected chi connectivity index (χ3v) is 6.56. The molecule has 1 aliphatic heterocycles. The van der Waals surface area contributed by atoms with Crippen molar-refractivity contribution in [2.45, 2.75) is 25.2 Å². The highest BCUT2D eigenvalue weighted by molar-refractivity contribution is 7.89. The van der Waals surface area contributed by atoms with E-state index in [2.05, 4.69) is 5.10 Å².